The molecule has 2 aromatic rings. The zero-order valence-corrected chi connectivity index (χ0v) is 16.1. The van der Waals surface area contributed by atoms with Gasteiger partial charge in [0.15, 0.2) is 0 Å². The molecule has 1 N–H and O–H groups in total. The molecule has 1 aromatic heterocycles. The Bertz CT molecular complexity index is 857. The summed E-state index contributed by atoms with van der Waals surface area (Å²) >= 11 is 0. The van der Waals surface area contributed by atoms with Gasteiger partial charge in [-0.05, 0) is 106 Å². The van der Waals surface area contributed by atoms with E-state index in [0.717, 1.165) is 17.5 Å². The van der Waals surface area contributed by atoms with E-state index in [1.807, 2.05) is 24.3 Å². The second kappa shape index (κ2) is 6.36. The van der Waals surface area contributed by atoms with Gasteiger partial charge in [0.2, 0.25) is 0 Å². The van der Waals surface area contributed by atoms with E-state index in [0.29, 0.717) is 17.4 Å². The lowest BCUT2D eigenvalue weighted by Gasteiger charge is -2.50. The van der Waals surface area contributed by atoms with Gasteiger partial charge in [-0.15, -0.1) is 0 Å². The number of aromatic nitrogens is 1. The monoisotopic (exact) mass is 361 g/mol. The third kappa shape index (κ3) is 2.91. The van der Waals surface area contributed by atoms with E-state index in [-0.39, 0.29) is 5.91 Å². The summed E-state index contributed by atoms with van der Waals surface area (Å²) in [6.45, 7) is 4.18. The highest BCUT2D eigenvalue weighted by Gasteiger charge is 2.46. The molecule has 140 valence electrons. The molecule has 1 amide bonds. The lowest BCUT2D eigenvalue weighted by molar-refractivity contribution is 0.0942. The summed E-state index contributed by atoms with van der Waals surface area (Å²) in [5.74, 6) is 2.95. The van der Waals surface area contributed by atoms with Gasteiger partial charge in [-0.1, -0.05) is 0 Å². The largest absolute Gasteiger partial charge is 0.319 e. The lowest BCUT2D eigenvalue weighted by Crippen LogP contribution is -2.46. The van der Waals surface area contributed by atoms with Gasteiger partial charge < -0.3 is 4.57 Å². The van der Waals surface area contributed by atoms with Crippen LogP contribution in [0.2, 0.25) is 0 Å². The number of amides is 1. The highest BCUT2D eigenvalue weighted by Crippen LogP contribution is 2.52. The van der Waals surface area contributed by atoms with Crippen molar-refractivity contribution < 1.29 is 4.79 Å². The van der Waals surface area contributed by atoms with Crippen LogP contribution in [-0.2, 0) is 0 Å². The summed E-state index contributed by atoms with van der Waals surface area (Å²) in [5, 5.41) is 4.61. The van der Waals surface area contributed by atoms with Crippen molar-refractivity contribution in [1.82, 2.24) is 9.99 Å². The zero-order chi connectivity index (χ0) is 18.5. The molecule has 0 spiro atoms. The molecule has 4 heteroatoms. The molecule has 0 radical (unpaired) electrons. The normalized spacial score (nSPS) is 28.4. The first-order chi connectivity index (χ1) is 13.1. The summed E-state index contributed by atoms with van der Waals surface area (Å²) in [6, 6.07) is 12.0. The Kier molecular flexibility index (Phi) is 3.96. The van der Waals surface area contributed by atoms with Crippen LogP contribution in [0.5, 0.6) is 0 Å². The standard InChI is InChI=1S/C23H27N3O/c1-14-3-4-15(2)26(14)21-7-5-18(6-8-21)23(27)25-24-22-19-10-16-9-17(12-19)13-20(22)11-16/h3-8,16-17,19-20H,9-13H2,1-2H3,(H,25,27). The maximum atomic E-state index is 12.6. The van der Waals surface area contributed by atoms with Crippen molar-refractivity contribution in [2.24, 2.45) is 28.8 Å². The van der Waals surface area contributed by atoms with Gasteiger partial charge in [0.25, 0.3) is 5.91 Å². The van der Waals surface area contributed by atoms with Crippen LogP contribution in [0.25, 0.3) is 5.69 Å². The third-order valence-electron chi connectivity index (χ3n) is 6.92. The molecule has 1 heterocycles. The van der Waals surface area contributed by atoms with Crippen molar-refractivity contribution in [3.05, 3.63) is 53.3 Å². The average molecular weight is 361 g/mol. The highest BCUT2D eigenvalue weighted by atomic mass is 16.2. The number of aryl methyl sites for hydroxylation is 2. The molecular formula is C23H27N3O. The fourth-order valence-corrected chi connectivity index (χ4v) is 5.87. The van der Waals surface area contributed by atoms with Crippen molar-refractivity contribution in [3.8, 4) is 5.69 Å². The number of hydrazone groups is 1. The number of hydrogen-bond donors (Lipinski definition) is 1. The fraction of sp³-hybridized carbons (Fsp3) is 0.478. The van der Waals surface area contributed by atoms with Crippen LogP contribution in [0, 0.1) is 37.5 Å². The van der Waals surface area contributed by atoms with E-state index in [2.05, 4.69) is 41.1 Å². The fourth-order valence-electron chi connectivity index (χ4n) is 5.87. The van der Waals surface area contributed by atoms with E-state index < -0.39 is 0 Å². The predicted octanol–water partition coefficient (Wildman–Crippen LogP) is 4.64. The Morgan fingerprint density at radius 1 is 0.889 bits per heavy atom. The molecule has 27 heavy (non-hydrogen) atoms. The first kappa shape index (κ1) is 16.8. The molecule has 4 aliphatic rings. The summed E-state index contributed by atoms with van der Waals surface area (Å²) in [6.07, 6.45) is 6.56. The van der Waals surface area contributed by atoms with E-state index >= 15 is 0 Å². The average Bonchev–Trinajstić information content (AvgIpc) is 2.99. The molecule has 0 unspecified atom stereocenters. The second-order valence-electron chi connectivity index (χ2n) is 8.78. The van der Waals surface area contributed by atoms with E-state index in [9.17, 15) is 4.79 Å². The van der Waals surface area contributed by atoms with Crippen LogP contribution in [0.1, 0.15) is 53.8 Å². The lowest BCUT2D eigenvalue weighted by atomic mass is 9.55. The van der Waals surface area contributed by atoms with Crippen molar-refractivity contribution in [2.45, 2.75) is 46.0 Å². The van der Waals surface area contributed by atoms with Crippen molar-refractivity contribution in [3.63, 3.8) is 0 Å². The van der Waals surface area contributed by atoms with Crippen LogP contribution in [0.15, 0.2) is 41.5 Å². The number of carbonyl (C=O) groups excluding carboxylic acids is 1. The van der Waals surface area contributed by atoms with Crippen LogP contribution in [0.4, 0.5) is 0 Å². The molecule has 4 fully saturated rings. The third-order valence-corrected chi connectivity index (χ3v) is 6.92. The minimum absolute atomic E-state index is 0.108. The van der Waals surface area contributed by atoms with Gasteiger partial charge in [-0.3, -0.25) is 4.79 Å². The summed E-state index contributed by atoms with van der Waals surface area (Å²) in [5.41, 5.74) is 8.24. The van der Waals surface area contributed by atoms with Gasteiger partial charge >= 0.3 is 0 Å². The van der Waals surface area contributed by atoms with Crippen molar-refractivity contribution >= 4 is 11.6 Å². The number of hydrogen-bond acceptors (Lipinski definition) is 2. The minimum Gasteiger partial charge on any atom is -0.319 e. The van der Waals surface area contributed by atoms with Gasteiger partial charge in [-0.25, -0.2) is 5.43 Å². The zero-order valence-electron chi connectivity index (χ0n) is 16.1. The summed E-state index contributed by atoms with van der Waals surface area (Å²) < 4.78 is 2.19. The topological polar surface area (TPSA) is 46.4 Å². The summed E-state index contributed by atoms with van der Waals surface area (Å²) in [4.78, 5) is 12.6. The van der Waals surface area contributed by atoms with Crippen molar-refractivity contribution in [1.29, 1.82) is 0 Å². The molecule has 6 rings (SSSR count). The predicted molar refractivity (Wildman–Crippen MR) is 107 cm³/mol. The molecular weight excluding hydrogens is 334 g/mol. The number of benzene rings is 1. The molecule has 4 aliphatic carbocycles. The molecule has 0 atom stereocenters. The molecule has 1 aromatic carbocycles. The van der Waals surface area contributed by atoms with Crippen LogP contribution < -0.4 is 5.43 Å². The maximum absolute atomic E-state index is 12.6. The maximum Gasteiger partial charge on any atom is 0.271 e. The Balaban J connectivity index is 1.30. The van der Waals surface area contributed by atoms with Crippen LogP contribution in [-0.4, -0.2) is 16.2 Å². The number of nitrogens with one attached hydrogen (secondary N) is 1. The Labute approximate surface area is 160 Å². The smallest absolute Gasteiger partial charge is 0.271 e. The molecule has 4 bridgehead atoms. The van der Waals surface area contributed by atoms with E-state index in [4.69, 9.17) is 0 Å². The molecule has 0 saturated heterocycles. The Morgan fingerprint density at radius 3 is 2.00 bits per heavy atom. The first-order valence-electron chi connectivity index (χ1n) is 10.2. The Morgan fingerprint density at radius 2 is 1.44 bits per heavy atom. The van der Waals surface area contributed by atoms with Crippen molar-refractivity contribution in [2.75, 3.05) is 0 Å². The molecule has 0 aliphatic heterocycles. The molecule has 4 saturated carbocycles. The van der Waals surface area contributed by atoms with Crippen LogP contribution in [0.3, 0.4) is 0 Å². The van der Waals surface area contributed by atoms with Gasteiger partial charge in [0, 0.05) is 28.4 Å². The summed E-state index contributed by atoms with van der Waals surface area (Å²) in [7, 11) is 0. The van der Waals surface area contributed by atoms with Gasteiger partial charge in [0.1, 0.15) is 0 Å². The Hall–Kier alpha value is -2.36. The number of carbonyl (C=O) groups is 1. The minimum atomic E-state index is -0.108. The molecule has 4 nitrogen and oxygen atoms in total. The van der Waals surface area contributed by atoms with Crippen LogP contribution >= 0.6 is 0 Å². The van der Waals surface area contributed by atoms with Gasteiger partial charge in [-0.2, -0.15) is 5.10 Å². The number of nitrogens with zero attached hydrogens (tertiary/aromatic N) is 2. The quantitative estimate of drug-likeness (QED) is 0.796. The van der Waals surface area contributed by atoms with E-state index in [1.165, 1.54) is 49.2 Å². The first-order valence-corrected chi connectivity index (χ1v) is 10.2. The SMILES string of the molecule is Cc1ccc(C)n1-c1ccc(C(=O)NN=C2C3CC4CC(C3)CC2C4)cc1. The van der Waals surface area contributed by atoms with E-state index in [1.54, 1.807) is 0 Å². The second-order valence-corrected chi connectivity index (χ2v) is 8.78. The highest BCUT2D eigenvalue weighted by molar-refractivity contribution is 5.96. The van der Waals surface area contributed by atoms with Gasteiger partial charge in [0.05, 0.1) is 0 Å². The number of rotatable bonds is 3.